The second kappa shape index (κ2) is 17.6. The highest BCUT2D eigenvalue weighted by Gasteiger charge is 2.25. The van der Waals surface area contributed by atoms with E-state index in [1.807, 2.05) is 67.3 Å². The summed E-state index contributed by atoms with van der Waals surface area (Å²) in [4.78, 5) is 17.1. The first kappa shape index (κ1) is 31.7. The van der Waals surface area contributed by atoms with Crippen LogP contribution in [0.4, 0.5) is 11.4 Å². The van der Waals surface area contributed by atoms with Gasteiger partial charge in [-0.15, -0.1) is 6.82 Å². The molecule has 2 aliphatic rings. The number of nitrogens with zero attached hydrogens (tertiary/aromatic N) is 2. The van der Waals surface area contributed by atoms with Crippen LogP contribution in [0.15, 0.2) is 97.1 Å². The zero-order chi connectivity index (χ0) is 34.5. The summed E-state index contributed by atoms with van der Waals surface area (Å²) in [7, 11) is -2.08. The topological polar surface area (TPSA) is 66.8 Å². The van der Waals surface area contributed by atoms with Gasteiger partial charge in [0.05, 0.1) is 16.9 Å². The summed E-state index contributed by atoms with van der Waals surface area (Å²) in [5.41, 5.74) is 8.03. The van der Waals surface area contributed by atoms with Crippen molar-refractivity contribution in [1.29, 1.82) is 2.67 Å². The highest BCUT2D eigenvalue weighted by atomic mass is 16.2. The SMILES string of the molecule is CC(C)N1C(=O)c2ccccc2C#Cc2ccccc21.CC(C)N1Cc2ccccc2C#Cc2ccccc21.[2H]B(C)O.[2H]B(C)[O-]. The fraction of sp³-hybridized carbons (Fsp3) is 0.237. The molecule has 2 aliphatic heterocycles. The second-order valence-electron chi connectivity index (χ2n) is 10.7. The first-order chi connectivity index (χ1) is 22.4. The third kappa shape index (κ3) is 9.16. The van der Waals surface area contributed by atoms with Crippen LogP contribution in [0.1, 0.15) is 65.9 Å². The van der Waals surface area contributed by atoms with E-state index in [4.69, 9.17) is 7.70 Å². The minimum Gasteiger partial charge on any atom is -0.882 e. The quantitative estimate of drug-likeness (QED) is 0.249. The van der Waals surface area contributed by atoms with E-state index < -0.39 is 14.9 Å². The minimum atomic E-state index is -1.17. The monoisotopic (exact) mass is 597 g/mol. The van der Waals surface area contributed by atoms with E-state index in [2.05, 4.69) is 91.0 Å². The van der Waals surface area contributed by atoms with Crippen LogP contribution in [0.2, 0.25) is 13.6 Å². The predicted molar refractivity (Wildman–Crippen MR) is 189 cm³/mol. The van der Waals surface area contributed by atoms with Crippen LogP contribution in [0.5, 0.6) is 0 Å². The van der Waals surface area contributed by atoms with Gasteiger partial charge in [0.2, 0.25) is 0 Å². The normalized spacial score (nSPS) is 12.4. The summed E-state index contributed by atoms with van der Waals surface area (Å²) in [6.45, 7) is 12.1. The molecule has 0 aromatic heterocycles. The van der Waals surface area contributed by atoms with Crippen LogP contribution in [-0.4, -0.2) is 40.6 Å². The Balaban J connectivity index is 0.000000209. The molecule has 6 rings (SSSR count). The Kier molecular flexibility index (Phi) is 12.4. The number of rotatable bonds is 2. The summed E-state index contributed by atoms with van der Waals surface area (Å²) >= 11 is 0. The maximum Gasteiger partial charge on any atom is 0.267 e. The Bertz CT molecular complexity index is 1760. The fourth-order valence-corrected chi connectivity index (χ4v) is 4.93. The first-order valence-electron chi connectivity index (χ1n) is 16.2. The Morgan fingerprint density at radius 2 is 1.13 bits per heavy atom. The highest BCUT2D eigenvalue weighted by Crippen LogP contribution is 2.28. The number of hydrogen-bond donors (Lipinski definition) is 1. The molecule has 4 aromatic carbocycles. The fourth-order valence-electron chi connectivity index (χ4n) is 4.93. The smallest absolute Gasteiger partial charge is 0.267 e. The number of hydrogen-bond acceptors (Lipinski definition) is 4. The van der Waals surface area contributed by atoms with Crippen LogP contribution in [0.25, 0.3) is 0 Å². The molecular weight excluding hydrogens is 554 g/mol. The van der Waals surface area contributed by atoms with E-state index in [-0.39, 0.29) is 11.9 Å². The van der Waals surface area contributed by atoms with Gasteiger partial charge in [-0.1, -0.05) is 85.1 Å². The second-order valence-corrected chi connectivity index (χ2v) is 10.7. The van der Waals surface area contributed by atoms with Crippen LogP contribution < -0.4 is 14.8 Å². The lowest BCUT2D eigenvalue weighted by Gasteiger charge is -2.31. The largest absolute Gasteiger partial charge is 0.882 e. The molecule has 45 heavy (non-hydrogen) atoms. The molecule has 1 amide bonds. The van der Waals surface area contributed by atoms with Crippen molar-refractivity contribution >= 4 is 32.2 Å². The molecule has 0 saturated carbocycles. The average molecular weight is 597 g/mol. The van der Waals surface area contributed by atoms with E-state index in [0.717, 1.165) is 34.5 Å². The van der Waals surface area contributed by atoms with Gasteiger partial charge in [-0.25, -0.2) is 0 Å². The number of benzene rings is 4. The van der Waals surface area contributed by atoms with Crippen LogP contribution >= 0.6 is 0 Å². The van der Waals surface area contributed by atoms with Gasteiger partial charge in [0.1, 0.15) is 0 Å². The van der Waals surface area contributed by atoms with Gasteiger partial charge >= 0.3 is 0 Å². The zero-order valence-electron chi connectivity index (χ0n) is 28.9. The number of amides is 1. The third-order valence-corrected chi connectivity index (χ3v) is 6.91. The molecule has 0 fully saturated rings. The molecule has 7 heteroatoms. The van der Waals surface area contributed by atoms with Gasteiger partial charge in [0.25, 0.3) is 13.4 Å². The molecule has 0 aliphatic carbocycles. The molecule has 0 radical (unpaired) electrons. The van der Waals surface area contributed by atoms with Crippen LogP contribution in [-0.2, 0) is 6.54 Å². The molecular formula is C38H41B2N2O3-. The van der Waals surface area contributed by atoms with E-state index >= 15 is 0 Å². The lowest BCUT2D eigenvalue weighted by atomic mass is 10.0. The maximum absolute atomic E-state index is 12.9. The molecule has 0 atom stereocenters. The van der Waals surface area contributed by atoms with Gasteiger partial charge in [0, 0.05) is 42.2 Å². The van der Waals surface area contributed by atoms with E-state index in [0.29, 0.717) is 11.6 Å². The van der Waals surface area contributed by atoms with Gasteiger partial charge in [0.15, 0.2) is 0 Å². The number of anilines is 2. The number of carbonyl (C=O) groups is 1. The lowest BCUT2D eigenvalue weighted by molar-refractivity contribution is -0.179. The van der Waals surface area contributed by atoms with Crippen molar-refractivity contribution in [3.8, 4) is 23.7 Å². The molecule has 0 spiro atoms. The molecule has 4 aromatic rings. The van der Waals surface area contributed by atoms with Crippen molar-refractivity contribution in [2.45, 2.75) is 60.0 Å². The van der Waals surface area contributed by atoms with Crippen LogP contribution in [0, 0.1) is 23.7 Å². The predicted octanol–water partition coefficient (Wildman–Crippen LogP) is 5.39. The number of fused-ring (bicyclic) bond motifs is 4. The van der Waals surface area contributed by atoms with E-state index in [9.17, 15) is 9.82 Å². The standard InChI is InChI=1S/C18H15NO.C18H17N.CH5BO.CH4BO/c1-13(2)19-17-10-6-4-8-15(17)12-11-14-7-3-5-9-16(14)18(19)20;1-14(2)19-13-17-9-4-3-7-15(17)11-12-16-8-5-6-10-18(16)19;2*1-2-3/h3-10,13H,1-2H3;3-10,14H,13H2,1-2H3;2-3H,1H3;2H,1H3/q;;;-1/i;;2*2D. The number of para-hydroxylation sites is 2. The molecule has 0 bridgehead atoms. The Labute approximate surface area is 273 Å². The first-order valence-corrected chi connectivity index (χ1v) is 15.1. The van der Waals surface area contributed by atoms with Gasteiger partial charge in [-0.2, -0.15) is 0 Å². The minimum absolute atomic E-state index is 0.0112. The Morgan fingerprint density at radius 1 is 0.711 bits per heavy atom. The molecule has 5 nitrogen and oxygen atoms in total. The Hall–Kier alpha value is -4.68. The van der Waals surface area contributed by atoms with Crippen molar-refractivity contribution in [3.63, 3.8) is 0 Å². The summed E-state index contributed by atoms with van der Waals surface area (Å²) in [6.07, 6.45) is 0. The number of carbonyl (C=O) groups excluding carboxylic acids is 1. The van der Waals surface area contributed by atoms with Crippen molar-refractivity contribution in [2.75, 3.05) is 9.80 Å². The van der Waals surface area contributed by atoms with Crippen molar-refractivity contribution in [1.82, 2.24) is 0 Å². The molecule has 228 valence electrons. The van der Waals surface area contributed by atoms with E-state index in [1.54, 1.807) is 0 Å². The van der Waals surface area contributed by atoms with Crippen molar-refractivity contribution in [2.24, 2.45) is 0 Å². The summed E-state index contributed by atoms with van der Waals surface area (Å²) in [6, 6.07) is 32.7. The summed E-state index contributed by atoms with van der Waals surface area (Å²) in [5.74, 6) is 12.9. The molecule has 0 unspecified atom stereocenters. The van der Waals surface area contributed by atoms with Gasteiger partial charge in [-0.3, -0.25) is 4.79 Å². The molecule has 1 N–H and O–H groups in total. The highest BCUT2D eigenvalue weighted by molar-refractivity contribution is 6.22. The van der Waals surface area contributed by atoms with E-state index in [1.165, 1.54) is 24.9 Å². The third-order valence-electron chi connectivity index (χ3n) is 6.91. The van der Waals surface area contributed by atoms with Gasteiger partial charge < -0.3 is 19.8 Å². The average Bonchev–Trinajstić information content (AvgIpc) is 3.00. The zero-order valence-corrected chi connectivity index (χ0v) is 26.9. The Morgan fingerprint density at radius 3 is 1.71 bits per heavy atom. The van der Waals surface area contributed by atoms with Crippen LogP contribution in [0.3, 0.4) is 0 Å². The van der Waals surface area contributed by atoms with Crippen molar-refractivity contribution < 1.29 is 14.8 Å². The van der Waals surface area contributed by atoms with Crippen molar-refractivity contribution in [3.05, 3.63) is 130 Å². The van der Waals surface area contributed by atoms with Gasteiger partial charge in [-0.05, 0) is 84.5 Å². The molecule has 0 saturated heterocycles. The lowest BCUT2D eigenvalue weighted by Crippen LogP contribution is -2.38. The maximum atomic E-state index is 12.9. The summed E-state index contributed by atoms with van der Waals surface area (Å²) < 4.78 is 12.2. The molecule has 2 heterocycles. The summed E-state index contributed by atoms with van der Waals surface area (Å²) in [5, 5.41) is 16.9.